The van der Waals surface area contributed by atoms with Crippen LogP contribution in [0.3, 0.4) is 0 Å². The van der Waals surface area contributed by atoms with Gasteiger partial charge in [-0.2, -0.15) is 0 Å². The second kappa shape index (κ2) is 7.20. The van der Waals surface area contributed by atoms with Gasteiger partial charge < -0.3 is 20.6 Å². The van der Waals surface area contributed by atoms with Gasteiger partial charge in [-0.05, 0) is 39.3 Å². The van der Waals surface area contributed by atoms with Crippen molar-refractivity contribution in [3.05, 3.63) is 0 Å². The molecule has 0 aromatic rings. The van der Waals surface area contributed by atoms with E-state index in [0.29, 0.717) is 19.4 Å². The number of carbonyl (C=O) groups is 2. The number of carbonyl (C=O) groups excluding carboxylic acids is 1. The van der Waals surface area contributed by atoms with Gasteiger partial charge in [0, 0.05) is 19.6 Å². The molecule has 0 bridgehead atoms. The predicted molar refractivity (Wildman–Crippen MR) is 68.5 cm³/mol. The van der Waals surface area contributed by atoms with Crippen molar-refractivity contribution >= 4 is 12.0 Å². The summed E-state index contributed by atoms with van der Waals surface area (Å²) in [7, 11) is 3.64. The highest BCUT2D eigenvalue weighted by Gasteiger charge is 2.30. The van der Waals surface area contributed by atoms with Gasteiger partial charge in [0.1, 0.15) is 0 Å². The van der Waals surface area contributed by atoms with Crippen molar-refractivity contribution in [2.75, 3.05) is 27.2 Å². The smallest absolute Gasteiger partial charge is 0.317 e. The molecule has 0 unspecified atom stereocenters. The van der Waals surface area contributed by atoms with E-state index < -0.39 is 5.97 Å². The van der Waals surface area contributed by atoms with Crippen LogP contribution in [0.25, 0.3) is 0 Å². The first-order valence-electron chi connectivity index (χ1n) is 6.43. The third-order valence-electron chi connectivity index (χ3n) is 3.38. The fraction of sp³-hybridized carbons (Fsp3) is 0.833. The Morgan fingerprint density at radius 3 is 2.67 bits per heavy atom. The monoisotopic (exact) mass is 257 g/mol. The van der Waals surface area contributed by atoms with Gasteiger partial charge in [-0.1, -0.05) is 0 Å². The first-order chi connectivity index (χ1) is 8.54. The van der Waals surface area contributed by atoms with E-state index in [1.54, 1.807) is 11.9 Å². The molecule has 1 aliphatic rings. The van der Waals surface area contributed by atoms with E-state index in [2.05, 4.69) is 10.6 Å². The Hall–Kier alpha value is -1.30. The Labute approximate surface area is 108 Å². The van der Waals surface area contributed by atoms with E-state index in [-0.39, 0.29) is 18.0 Å². The normalized spacial score (nSPS) is 22.8. The van der Waals surface area contributed by atoms with E-state index in [4.69, 9.17) is 5.11 Å². The highest BCUT2D eigenvalue weighted by atomic mass is 16.4. The number of amides is 2. The maximum absolute atomic E-state index is 11.8. The van der Waals surface area contributed by atoms with Gasteiger partial charge in [-0.15, -0.1) is 0 Å². The number of hydrogen-bond donors (Lipinski definition) is 3. The van der Waals surface area contributed by atoms with Crippen LogP contribution in [0.4, 0.5) is 4.79 Å². The van der Waals surface area contributed by atoms with Crippen LogP contribution in [0.1, 0.15) is 25.7 Å². The zero-order valence-corrected chi connectivity index (χ0v) is 11.1. The topological polar surface area (TPSA) is 81.7 Å². The lowest BCUT2D eigenvalue weighted by Crippen LogP contribution is -2.43. The van der Waals surface area contributed by atoms with Crippen LogP contribution >= 0.6 is 0 Å². The summed E-state index contributed by atoms with van der Waals surface area (Å²) in [4.78, 5) is 24.3. The first-order valence-corrected chi connectivity index (χ1v) is 6.43. The number of hydrogen-bond acceptors (Lipinski definition) is 3. The molecule has 3 N–H and O–H groups in total. The molecule has 1 saturated carbocycles. The predicted octanol–water partition coefficient (Wildman–Crippen LogP) is 0.491. The first kappa shape index (κ1) is 14.8. The highest BCUT2D eigenvalue weighted by Crippen LogP contribution is 2.25. The molecule has 0 aromatic carbocycles. The molecule has 0 saturated heterocycles. The van der Waals surface area contributed by atoms with Crippen LogP contribution in [-0.2, 0) is 4.79 Å². The SMILES string of the molecule is CNCCCN(C)C(=O)N[C@H]1CC[C@@H](C(=O)O)C1. The van der Waals surface area contributed by atoms with Gasteiger partial charge in [0.05, 0.1) is 5.92 Å². The number of urea groups is 1. The second-order valence-corrected chi connectivity index (χ2v) is 4.87. The van der Waals surface area contributed by atoms with Crippen molar-refractivity contribution in [2.45, 2.75) is 31.7 Å². The van der Waals surface area contributed by atoms with E-state index in [1.165, 1.54) is 0 Å². The van der Waals surface area contributed by atoms with E-state index in [0.717, 1.165) is 19.4 Å². The van der Waals surface area contributed by atoms with Gasteiger partial charge in [0.2, 0.25) is 0 Å². The van der Waals surface area contributed by atoms with E-state index >= 15 is 0 Å². The maximum Gasteiger partial charge on any atom is 0.317 e. The molecule has 0 radical (unpaired) electrons. The van der Waals surface area contributed by atoms with Gasteiger partial charge in [-0.25, -0.2) is 4.79 Å². The molecule has 2 amide bonds. The molecule has 0 spiro atoms. The third kappa shape index (κ3) is 4.52. The van der Waals surface area contributed by atoms with Crippen LogP contribution < -0.4 is 10.6 Å². The van der Waals surface area contributed by atoms with Crippen molar-refractivity contribution in [1.82, 2.24) is 15.5 Å². The van der Waals surface area contributed by atoms with Gasteiger partial charge >= 0.3 is 12.0 Å². The minimum atomic E-state index is -0.755. The number of aliphatic carboxylic acids is 1. The molecule has 1 rings (SSSR count). The molecular formula is C12H23N3O3. The number of nitrogens with zero attached hydrogens (tertiary/aromatic N) is 1. The molecule has 2 atom stereocenters. The summed E-state index contributed by atoms with van der Waals surface area (Å²) in [5, 5.41) is 14.8. The molecule has 18 heavy (non-hydrogen) atoms. The minimum Gasteiger partial charge on any atom is -0.481 e. The van der Waals surface area contributed by atoms with Crippen LogP contribution in [-0.4, -0.2) is 55.2 Å². The van der Waals surface area contributed by atoms with Crippen LogP contribution in [0, 0.1) is 5.92 Å². The quantitative estimate of drug-likeness (QED) is 0.605. The van der Waals surface area contributed by atoms with E-state index in [1.807, 2.05) is 7.05 Å². The molecule has 0 heterocycles. The van der Waals surface area contributed by atoms with Crippen LogP contribution in [0.15, 0.2) is 0 Å². The molecule has 1 aliphatic carbocycles. The summed E-state index contributed by atoms with van der Waals surface area (Å²) in [5.41, 5.74) is 0. The van der Waals surface area contributed by atoms with Gasteiger partial charge in [0.25, 0.3) is 0 Å². The maximum atomic E-state index is 11.8. The lowest BCUT2D eigenvalue weighted by Gasteiger charge is -2.21. The molecule has 0 aliphatic heterocycles. The van der Waals surface area contributed by atoms with Crippen molar-refractivity contribution in [1.29, 1.82) is 0 Å². The Morgan fingerprint density at radius 1 is 1.39 bits per heavy atom. The average Bonchev–Trinajstić information content (AvgIpc) is 2.77. The zero-order valence-electron chi connectivity index (χ0n) is 11.1. The third-order valence-corrected chi connectivity index (χ3v) is 3.38. The summed E-state index contributed by atoms with van der Waals surface area (Å²) in [6.07, 6.45) is 2.87. The summed E-state index contributed by atoms with van der Waals surface area (Å²) >= 11 is 0. The zero-order chi connectivity index (χ0) is 13.5. The number of carboxylic acids is 1. The summed E-state index contributed by atoms with van der Waals surface area (Å²) in [5.74, 6) is -1.06. The molecular weight excluding hydrogens is 234 g/mol. The molecule has 6 nitrogen and oxygen atoms in total. The number of carboxylic acid groups (broad SMARTS) is 1. The molecule has 0 aromatic heterocycles. The Kier molecular flexibility index (Phi) is 5.91. The summed E-state index contributed by atoms with van der Waals surface area (Å²) in [6.45, 7) is 1.57. The fourth-order valence-corrected chi connectivity index (χ4v) is 2.22. The van der Waals surface area contributed by atoms with E-state index in [9.17, 15) is 9.59 Å². The van der Waals surface area contributed by atoms with Crippen molar-refractivity contribution < 1.29 is 14.7 Å². The van der Waals surface area contributed by atoms with Crippen LogP contribution in [0.2, 0.25) is 0 Å². The number of nitrogens with one attached hydrogen (secondary N) is 2. The second-order valence-electron chi connectivity index (χ2n) is 4.87. The molecule has 6 heteroatoms. The average molecular weight is 257 g/mol. The Bertz CT molecular complexity index is 296. The summed E-state index contributed by atoms with van der Waals surface area (Å²) in [6, 6.07) is -0.104. The lowest BCUT2D eigenvalue weighted by atomic mass is 10.1. The van der Waals surface area contributed by atoms with Crippen molar-refractivity contribution in [2.24, 2.45) is 5.92 Å². The highest BCUT2D eigenvalue weighted by molar-refractivity contribution is 5.75. The Balaban J connectivity index is 2.26. The summed E-state index contributed by atoms with van der Waals surface area (Å²) < 4.78 is 0. The lowest BCUT2D eigenvalue weighted by molar-refractivity contribution is -0.141. The van der Waals surface area contributed by atoms with Crippen LogP contribution in [0.5, 0.6) is 0 Å². The minimum absolute atomic E-state index is 0.00495. The fourth-order valence-electron chi connectivity index (χ4n) is 2.22. The van der Waals surface area contributed by atoms with Crippen molar-refractivity contribution in [3.8, 4) is 0 Å². The molecule has 1 fully saturated rings. The standard InChI is InChI=1S/C12H23N3O3/c1-13-6-3-7-15(2)12(18)14-10-5-4-9(8-10)11(16)17/h9-10,13H,3-8H2,1-2H3,(H,14,18)(H,16,17)/t9-,10+/m1/s1. The van der Waals surface area contributed by atoms with Crippen molar-refractivity contribution in [3.63, 3.8) is 0 Å². The van der Waals surface area contributed by atoms with Gasteiger partial charge in [-0.3, -0.25) is 4.79 Å². The molecule has 104 valence electrons. The largest absolute Gasteiger partial charge is 0.481 e. The number of rotatable bonds is 6. The van der Waals surface area contributed by atoms with Gasteiger partial charge in [0.15, 0.2) is 0 Å². The Morgan fingerprint density at radius 2 is 2.11 bits per heavy atom.